The molecule has 0 aromatic carbocycles. The van der Waals surface area contributed by atoms with E-state index in [1.54, 1.807) is 27.7 Å². The molecule has 0 aromatic heterocycles. The molecule has 4 rings (SSSR count). The molecule has 10 atom stereocenters. The Morgan fingerprint density at radius 3 is 2.17 bits per heavy atom. The quantitative estimate of drug-likeness (QED) is 0.358. The van der Waals surface area contributed by atoms with E-state index in [9.17, 15) is 44.1 Å². The number of hydrogen-bond donors (Lipinski definition) is 3. The van der Waals surface area contributed by atoms with E-state index in [2.05, 4.69) is 0 Å². The average molecular weight is 589 g/mol. The van der Waals surface area contributed by atoms with Crippen molar-refractivity contribution in [3.63, 3.8) is 0 Å². The molecule has 0 heterocycles. The highest BCUT2D eigenvalue weighted by Crippen LogP contribution is 2.70. The molecule has 4 aliphatic rings. The summed E-state index contributed by atoms with van der Waals surface area (Å²) in [4.78, 5) is 79.6. The number of aliphatic hydroxyl groups is 2. The summed E-state index contributed by atoms with van der Waals surface area (Å²) in [6, 6.07) is 0. The molecule has 0 radical (unpaired) electrons. The molecule has 10 nitrogen and oxygen atoms in total. The second-order valence-corrected chi connectivity index (χ2v) is 14.2. The molecule has 0 aliphatic heterocycles. The van der Waals surface area contributed by atoms with Crippen molar-refractivity contribution in [2.75, 3.05) is 6.61 Å². The van der Waals surface area contributed by atoms with Crippen LogP contribution in [0.5, 0.6) is 0 Å². The van der Waals surface area contributed by atoms with E-state index in [1.165, 1.54) is 13.8 Å². The van der Waals surface area contributed by atoms with Crippen LogP contribution in [0.3, 0.4) is 0 Å². The third kappa shape index (κ3) is 4.26. The van der Waals surface area contributed by atoms with E-state index in [4.69, 9.17) is 4.74 Å². The molecule has 0 bridgehead atoms. The highest BCUT2D eigenvalue weighted by molar-refractivity contribution is 6.18. The Balaban J connectivity index is 1.89. The van der Waals surface area contributed by atoms with E-state index in [1.807, 2.05) is 6.92 Å². The summed E-state index contributed by atoms with van der Waals surface area (Å²) in [5.74, 6) is -5.87. The number of hydrogen-bond acceptors (Lipinski definition) is 9. The van der Waals surface area contributed by atoms with Gasteiger partial charge < -0.3 is 20.1 Å². The summed E-state index contributed by atoms with van der Waals surface area (Å²) in [5, 5.41) is 30.5. The van der Waals surface area contributed by atoms with Gasteiger partial charge in [-0.25, -0.2) is 0 Å². The Labute approximate surface area is 246 Å². The fourth-order valence-corrected chi connectivity index (χ4v) is 9.22. The van der Waals surface area contributed by atoms with E-state index >= 15 is 0 Å². The maximum Gasteiger partial charge on any atom is 0.306 e. The zero-order valence-electron chi connectivity index (χ0n) is 25.6. The molecular formula is C32H44O10. The van der Waals surface area contributed by atoms with E-state index in [0.717, 1.165) is 0 Å². The van der Waals surface area contributed by atoms with Crippen LogP contribution in [-0.2, 0) is 33.5 Å². The number of carbonyl (C=O) groups is 6. The van der Waals surface area contributed by atoms with Crippen LogP contribution in [0.25, 0.3) is 0 Å². The molecule has 232 valence electrons. The van der Waals surface area contributed by atoms with Crippen molar-refractivity contribution < 1.29 is 48.8 Å². The largest absolute Gasteiger partial charge is 0.481 e. The van der Waals surface area contributed by atoms with E-state index in [-0.39, 0.29) is 54.8 Å². The molecular weight excluding hydrogens is 544 g/mol. The van der Waals surface area contributed by atoms with Gasteiger partial charge in [0.05, 0.1) is 24.0 Å². The lowest BCUT2D eigenvalue weighted by Gasteiger charge is -2.61. The standard InChI is InChI=1S/C32H44O10/c1-15(10-18(35)11-16(2)28(40)41)19-12-23(38)32(7)24-20(36)13-21-29(4,9-8-22(37)30(21,5)14-33)25(24)26(39)27(31(19,32)6)42-17(3)34/h15-16,19,21-22,27,33,37H,8-14H2,1-7H3,(H,40,41)/t15?,16?,19-,21-,22+,27-,29+,30+,31+,32+/m1/s1. The Hall–Kier alpha value is -2.72. The number of aliphatic carboxylic acids is 1. The van der Waals surface area contributed by atoms with Crippen molar-refractivity contribution in [1.82, 2.24) is 0 Å². The van der Waals surface area contributed by atoms with Crippen LogP contribution in [0.2, 0.25) is 0 Å². The molecule has 0 spiro atoms. The number of rotatable bonds is 8. The van der Waals surface area contributed by atoms with E-state index in [0.29, 0.717) is 6.42 Å². The van der Waals surface area contributed by atoms with Gasteiger partial charge in [-0.05, 0) is 37.5 Å². The summed E-state index contributed by atoms with van der Waals surface area (Å²) < 4.78 is 5.78. The number of esters is 1. The molecule has 2 fully saturated rings. The first-order valence-electron chi connectivity index (χ1n) is 14.9. The van der Waals surface area contributed by atoms with Crippen molar-refractivity contribution in [2.24, 2.45) is 45.3 Å². The number of allylic oxidation sites excluding steroid dienone is 1. The topological polar surface area (TPSA) is 172 Å². The summed E-state index contributed by atoms with van der Waals surface area (Å²) in [5.41, 5.74) is -4.58. The molecule has 0 amide bonds. The van der Waals surface area contributed by atoms with Crippen LogP contribution >= 0.6 is 0 Å². The van der Waals surface area contributed by atoms with Crippen LogP contribution in [0.1, 0.15) is 87.0 Å². The minimum atomic E-state index is -1.50. The highest BCUT2D eigenvalue weighted by atomic mass is 16.5. The van der Waals surface area contributed by atoms with Crippen LogP contribution in [0.4, 0.5) is 0 Å². The highest BCUT2D eigenvalue weighted by Gasteiger charge is 2.75. The monoisotopic (exact) mass is 588 g/mol. The Bertz CT molecular complexity index is 1280. The maximum atomic E-state index is 14.6. The molecule has 3 N–H and O–H groups in total. The van der Waals surface area contributed by atoms with Crippen molar-refractivity contribution in [3.8, 4) is 0 Å². The Kier molecular flexibility index (Phi) is 8.03. The number of carboxylic acid groups (broad SMARTS) is 1. The lowest BCUT2D eigenvalue weighted by Crippen LogP contribution is -2.65. The lowest BCUT2D eigenvalue weighted by atomic mass is 9.42. The third-order valence-corrected chi connectivity index (χ3v) is 11.9. The van der Waals surface area contributed by atoms with Gasteiger partial charge in [0.1, 0.15) is 11.6 Å². The van der Waals surface area contributed by atoms with Crippen molar-refractivity contribution in [3.05, 3.63) is 11.1 Å². The fraction of sp³-hybridized carbons (Fsp3) is 0.750. The molecule has 2 unspecified atom stereocenters. The number of aliphatic hydroxyl groups excluding tert-OH is 2. The van der Waals surface area contributed by atoms with Gasteiger partial charge in [-0.15, -0.1) is 0 Å². The first-order chi connectivity index (χ1) is 19.3. The molecule has 2 saturated carbocycles. The number of carboxylic acids is 1. The minimum Gasteiger partial charge on any atom is -0.481 e. The Morgan fingerprint density at radius 1 is 1.00 bits per heavy atom. The van der Waals surface area contributed by atoms with Gasteiger partial charge in [-0.3, -0.25) is 28.8 Å². The van der Waals surface area contributed by atoms with Gasteiger partial charge in [0.15, 0.2) is 11.9 Å². The lowest BCUT2D eigenvalue weighted by molar-refractivity contribution is -0.178. The zero-order chi connectivity index (χ0) is 31.7. The van der Waals surface area contributed by atoms with Gasteiger partial charge in [-0.1, -0.05) is 34.6 Å². The second-order valence-electron chi connectivity index (χ2n) is 14.2. The van der Waals surface area contributed by atoms with Gasteiger partial charge in [-0.2, -0.15) is 0 Å². The predicted molar refractivity (Wildman–Crippen MR) is 149 cm³/mol. The normalized spacial score (nSPS) is 41.0. The van der Waals surface area contributed by atoms with Crippen molar-refractivity contribution >= 4 is 35.1 Å². The average Bonchev–Trinajstić information content (AvgIpc) is 3.11. The molecule has 4 aliphatic carbocycles. The molecule has 10 heteroatoms. The van der Waals surface area contributed by atoms with Crippen LogP contribution in [0.15, 0.2) is 11.1 Å². The Morgan fingerprint density at radius 2 is 1.62 bits per heavy atom. The second kappa shape index (κ2) is 10.5. The first kappa shape index (κ1) is 32.2. The number of ether oxygens (including phenoxy) is 1. The minimum absolute atomic E-state index is 0.0331. The van der Waals surface area contributed by atoms with Crippen molar-refractivity contribution in [2.45, 2.75) is 99.2 Å². The fourth-order valence-electron chi connectivity index (χ4n) is 9.22. The number of carbonyl (C=O) groups excluding carboxylic acids is 5. The van der Waals surface area contributed by atoms with Crippen LogP contribution in [0, 0.1) is 45.3 Å². The van der Waals surface area contributed by atoms with Crippen LogP contribution in [-0.4, -0.2) is 69.2 Å². The maximum absolute atomic E-state index is 14.6. The molecule has 0 saturated heterocycles. The SMILES string of the molecule is CC(=O)O[C@@H]1C(=O)C2=C(C(=O)C[C@H]3[C@](C)(CO)[C@@H](O)CC[C@]23C)[C@]2(C)C(=O)C[C@H](C(C)CC(=O)CC(C)C(=O)O)[C@@]12C. The van der Waals surface area contributed by atoms with Crippen molar-refractivity contribution in [1.29, 1.82) is 0 Å². The zero-order valence-corrected chi connectivity index (χ0v) is 25.6. The smallest absolute Gasteiger partial charge is 0.306 e. The van der Waals surface area contributed by atoms with Gasteiger partial charge >= 0.3 is 11.9 Å². The summed E-state index contributed by atoms with van der Waals surface area (Å²) >= 11 is 0. The van der Waals surface area contributed by atoms with Gasteiger partial charge in [0.25, 0.3) is 0 Å². The predicted octanol–water partition coefficient (Wildman–Crippen LogP) is 2.85. The van der Waals surface area contributed by atoms with Gasteiger partial charge in [0, 0.05) is 60.0 Å². The number of fused-ring (bicyclic) bond motifs is 4. The van der Waals surface area contributed by atoms with Crippen LogP contribution < -0.4 is 0 Å². The number of Topliss-reactive ketones (excluding diaryl/α,β-unsaturated/α-hetero) is 4. The summed E-state index contributed by atoms with van der Waals surface area (Å²) in [6.45, 7) is 10.9. The molecule has 42 heavy (non-hydrogen) atoms. The summed E-state index contributed by atoms with van der Waals surface area (Å²) in [7, 11) is 0. The third-order valence-electron chi connectivity index (χ3n) is 11.9. The molecule has 0 aromatic rings. The number of ketones is 4. The van der Waals surface area contributed by atoms with E-state index < -0.39 is 87.7 Å². The summed E-state index contributed by atoms with van der Waals surface area (Å²) in [6.07, 6.45) is -1.98. The van der Waals surface area contributed by atoms with Gasteiger partial charge in [0.2, 0.25) is 5.78 Å². The first-order valence-corrected chi connectivity index (χ1v) is 14.9.